The van der Waals surface area contributed by atoms with E-state index < -0.39 is 6.10 Å². The van der Waals surface area contributed by atoms with E-state index in [1.54, 1.807) is 0 Å². The van der Waals surface area contributed by atoms with Gasteiger partial charge in [0, 0.05) is 6.54 Å². The van der Waals surface area contributed by atoms with E-state index in [2.05, 4.69) is 24.4 Å². The Labute approximate surface area is 140 Å². The fourth-order valence-electron chi connectivity index (χ4n) is 3.00. The Hall–Kier alpha value is -1.77. The van der Waals surface area contributed by atoms with Crippen molar-refractivity contribution < 1.29 is 9.53 Å². The number of hydrogen-bond donors (Lipinski definition) is 1. The number of carbonyl (C=O) groups is 1. The summed E-state index contributed by atoms with van der Waals surface area (Å²) >= 11 is 0. The van der Waals surface area contributed by atoms with Crippen molar-refractivity contribution in [2.45, 2.75) is 65.4 Å². The van der Waals surface area contributed by atoms with E-state index in [4.69, 9.17) is 4.74 Å². The number of carbonyl (C=O) groups excluding carboxylic acids is 1. The Morgan fingerprint density at radius 3 is 2.78 bits per heavy atom. The quantitative estimate of drug-likeness (QED) is 0.754. The lowest BCUT2D eigenvalue weighted by molar-refractivity contribution is -0.128. The molecular weight excluding hydrogens is 286 g/mol. The van der Waals surface area contributed by atoms with Gasteiger partial charge in [-0.15, -0.1) is 0 Å². The Morgan fingerprint density at radius 2 is 2.13 bits per heavy atom. The fourth-order valence-corrected chi connectivity index (χ4v) is 3.00. The van der Waals surface area contributed by atoms with E-state index in [1.807, 2.05) is 26.0 Å². The molecule has 1 unspecified atom stereocenters. The average Bonchev–Trinajstić information content (AvgIpc) is 2.55. The molecule has 1 aromatic rings. The van der Waals surface area contributed by atoms with Crippen molar-refractivity contribution in [2.75, 3.05) is 6.54 Å². The van der Waals surface area contributed by atoms with Crippen LogP contribution in [0.5, 0.6) is 5.75 Å². The van der Waals surface area contributed by atoms with Crippen LogP contribution < -0.4 is 10.1 Å². The zero-order valence-corrected chi connectivity index (χ0v) is 14.7. The minimum atomic E-state index is -0.420. The molecule has 1 aromatic carbocycles. The fraction of sp³-hybridized carbons (Fsp3) is 0.550. The Bertz CT molecular complexity index is 563. The van der Waals surface area contributed by atoms with Gasteiger partial charge in [-0.25, -0.2) is 0 Å². The zero-order chi connectivity index (χ0) is 16.7. The van der Waals surface area contributed by atoms with Crippen LogP contribution >= 0.6 is 0 Å². The van der Waals surface area contributed by atoms with Crippen molar-refractivity contribution >= 4 is 5.91 Å². The molecule has 0 radical (unpaired) electrons. The molecule has 1 amide bonds. The van der Waals surface area contributed by atoms with Gasteiger partial charge in [-0.1, -0.05) is 36.3 Å². The van der Waals surface area contributed by atoms with Crippen LogP contribution in [-0.4, -0.2) is 18.6 Å². The summed E-state index contributed by atoms with van der Waals surface area (Å²) in [6.07, 6.45) is 8.51. The third-order valence-corrected chi connectivity index (χ3v) is 4.39. The van der Waals surface area contributed by atoms with Crippen LogP contribution in [0.25, 0.3) is 0 Å². The van der Waals surface area contributed by atoms with Gasteiger partial charge in [0.15, 0.2) is 6.10 Å². The van der Waals surface area contributed by atoms with Crippen molar-refractivity contribution in [1.82, 2.24) is 5.32 Å². The number of hydrogen-bond acceptors (Lipinski definition) is 2. The monoisotopic (exact) mass is 315 g/mol. The molecule has 3 nitrogen and oxygen atoms in total. The van der Waals surface area contributed by atoms with Crippen LogP contribution in [0.3, 0.4) is 0 Å². The summed E-state index contributed by atoms with van der Waals surface area (Å²) in [6, 6.07) is 6.05. The number of nitrogens with one attached hydrogen (secondary N) is 1. The van der Waals surface area contributed by atoms with Crippen LogP contribution in [-0.2, 0) is 4.79 Å². The Balaban J connectivity index is 1.84. The first-order chi connectivity index (χ1) is 11.1. The average molecular weight is 315 g/mol. The molecule has 1 atom stereocenters. The van der Waals surface area contributed by atoms with Gasteiger partial charge >= 0.3 is 0 Å². The van der Waals surface area contributed by atoms with Gasteiger partial charge in [-0.2, -0.15) is 0 Å². The molecule has 0 spiro atoms. The first kappa shape index (κ1) is 17.6. The molecule has 1 N–H and O–H groups in total. The lowest BCUT2D eigenvalue weighted by Crippen LogP contribution is -2.38. The highest BCUT2D eigenvalue weighted by molar-refractivity contribution is 5.81. The van der Waals surface area contributed by atoms with Crippen LogP contribution in [0, 0.1) is 13.8 Å². The maximum atomic E-state index is 12.3. The van der Waals surface area contributed by atoms with Crippen LogP contribution in [0.2, 0.25) is 0 Å². The minimum absolute atomic E-state index is 0.0103. The van der Waals surface area contributed by atoms with Crippen LogP contribution in [0.1, 0.15) is 56.6 Å². The van der Waals surface area contributed by atoms with Crippen LogP contribution in [0.15, 0.2) is 29.8 Å². The van der Waals surface area contributed by atoms with E-state index >= 15 is 0 Å². The van der Waals surface area contributed by atoms with E-state index in [1.165, 1.54) is 36.8 Å². The van der Waals surface area contributed by atoms with Gasteiger partial charge in [0.25, 0.3) is 5.91 Å². The predicted molar refractivity (Wildman–Crippen MR) is 94.8 cm³/mol. The molecule has 2 rings (SSSR count). The van der Waals surface area contributed by atoms with E-state index in [0.717, 1.165) is 17.7 Å². The summed E-state index contributed by atoms with van der Waals surface area (Å²) in [7, 11) is 0. The molecule has 0 aliphatic heterocycles. The van der Waals surface area contributed by atoms with Crippen molar-refractivity contribution in [3.8, 4) is 5.75 Å². The third kappa shape index (κ3) is 5.42. The lowest BCUT2D eigenvalue weighted by atomic mass is 9.97. The smallest absolute Gasteiger partial charge is 0.261 e. The highest BCUT2D eigenvalue weighted by Gasteiger charge is 2.18. The summed E-state index contributed by atoms with van der Waals surface area (Å²) in [6.45, 7) is 6.76. The van der Waals surface area contributed by atoms with E-state index in [9.17, 15) is 4.79 Å². The molecule has 0 saturated heterocycles. The number of ether oxygens (including phenoxy) is 1. The minimum Gasteiger partial charge on any atom is -0.480 e. The molecule has 3 heteroatoms. The van der Waals surface area contributed by atoms with Crippen molar-refractivity contribution in [3.05, 3.63) is 41.0 Å². The van der Waals surface area contributed by atoms with Crippen LogP contribution in [0.4, 0.5) is 0 Å². The molecule has 0 bridgehead atoms. The second-order valence-electron chi connectivity index (χ2n) is 6.43. The van der Waals surface area contributed by atoms with Gasteiger partial charge in [-0.3, -0.25) is 4.79 Å². The highest BCUT2D eigenvalue weighted by atomic mass is 16.5. The van der Waals surface area contributed by atoms with Gasteiger partial charge in [0.1, 0.15) is 5.75 Å². The second-order valence-corrected chi connectivity index (χ2v) is 6.43. The maximum absolute atomic E-state index is 12.3. The first-order valence-corrected chi connectivity index (χ1v) is 8.79. The maximum Gasteiger partial charge on any atom is 0.261 e. The number of amides is 1. The summed E-state index contributed by atoms with van der Waals surface area (Å²) in [5.74, 6) is 0.788. The third-order valence-electron chi connectivity index (χ3n) is 4.39. The molecule has 126 valence electrons. The SMILES string of the molecule is CCC(Oc1ccc(C)cc1C)C(=O)NCCC1=CCCCC1. The number of benzene rings is 1. The lowest BCUT2D eigenvalue weighted by Gasteiger charge is -2.19. The standard InChI is InChI=1S/C20H29NO2/c1-4-18(23-19-11-10-15(2)14-16(19)3)20(22)21-13-12-17-8-6-5-7-9-17/h8,10-11,14,18H,4-7,9,12-13H2,1-3H3,(H,21,22). The number of rotatable bonds is 7. The molecule has 0 aromatic heterocycles. The van der Waals surface area contributed by atoms with Gasteiger partial charge in [-0.05, 0) is 64.0 Å². The van der Waals surface area contributed by atoms with E-state index in [-0.39, 0.29) is 5.91 Å². The Kier molecular flexibility index (Phi) is 6.69. The molecule has 23 heavy (non-hydrogen) atoms. The molecule has 1 aliphatic rings. The molecule has 0 fully saturated rings. The van der Waals surface area contributed by atoms with Crippen molar-refractivity contribution in [3.63, 3.8) is 0 Å². The topological polar surface area (TPSA) is 38.3 Å². The summed E-state index contributed by atoms with van der Waals surface area (Å²) in [4.78, 5) is 12.3. The molecule has 0 heterocycles. The second kappa shape index (κ2) is 8.76. The van der Waals surface area contributed by atoms with Gasteiger partial charge in [0.2, 0.25) is 0 Å². The molecule has 1 aliphatic carbocycles. The molecular formula is C20H29NO2. The number of aryl methyl sites for hydroxylation is 2. The predicted octanol–water partition coefficient (Wildman–Crippen LogP) is 4.47. The first-order valence-electron chi connectivity index (χ1n) is 8.79. The molecule has 0 saturated carbocycles. The highest BCUT2D eigenvalue weighted by Crippen LogP contribution is 2.21. The number of allylic oxidation sites excluding steroid dienone is 1. The Morgan fingerprint density at radius 1 is 1.30 bits per heavy atom. The normalized spacial score (nSPS) is 15.7. The van der Waals surface area contributed by atoms with E-state index in [0.29, 0.717) is 13.0 Å². The zero-order valence-electron chi connectivity index (χ0n) is 14.7. The summed E-state index contributed by atoms with van der Waals surface area (Å²) < 4.78 is 5.93. The summed E-state index contributed by atoms with van der Waals surface area (Å²) in [5.41, 5.74) is 3.76. The summed E-state index contributed by atoms with van der Waals surface area (Å²) in [5, 5.41) is 3.03. The van der Waals surface area contributed by atoms with Gasteiger partial charge < -0.3 is 10.1 Å². The van der Waals surface area contributed by atoms with Crippen molar-refractivity contribution in [1.29, 1.82) is 0 Å². The van der Waals surface area contributed by atoms with Crippen molar-refractivity contribution in [2.24, 2.45) is 0 Å². The largest absolute Gasteiger partial charge is 0.480 e. The van der Waals surface area contributed by atoms with Gasteiger partial charge in [0.05, 0.1) is 0 Å².